The van der Waals surface area contributed by atoms with Crippen LogP contribution in [-0.4, -0.2) is 44.2 Å². The van der Waals surface area contributed by atoms with E-state index in [1.54, 1.807) is 16.4 Å². The summed E-state index contributed by atoms with van der Waals surface area (Å²) in [5.74, 6) is 0.699. The molecule has 2 rings (SSSR count). The van der Waals surface area contributed by atoms with E-state index >= 15 is 0 Å². The zero-order valence-electron chi connectivity index (χ0n) is 12.0. The molecule has 1 heterocycles. The highest BCUT2D eigenvalue weighted by molar-refractivity contribution is 7.98. The number of nitrogens with zero attached hydrogens (tertiary/aromatic N) is 4. The number of rotatable bonds is 6. The monoisotopic (exact) mass is 306 g/mol. The molecule has 7 nitrogen and oxygen atoms in total. The molecule has 0 spiro atoms. The maximum atomic E-state index is 12.0. The number of nitrogens with one attached hydrogen (secondary N) is 1. The van der Waals surface area contributed by atoms with E-state index in [4.69, 9.17) is 5.73 Å². The van der Waals surface area contributed by atoms with E-state index in [9.17, 15) is 4.79 Å². The van der Waals surface area contributed by atoms with Gasteiger partial charge in [0.2, 0.25) is 5.91 Å². The van der Waals surface area contributed by atoms with E-state index in [1.165, 1.54) is 6.33 Å². The van der Waals surface area contributed by atoms with Crippen molar-refractivity contribution in [3.63, 3.8) is 0 Å². The van der Waals surface area contributed by atoms with Crippen molar-refractivity contribution >= 4 is 23.4 Å². The summed E-state index contributed by atoms with van der Waals surface area (Å²) in [5.41, 5.74) is 8.38. The van der Waals surface area contributed by atoms with Gasteiger partial charge in [-0.05, 0) is 59.5 Å². The van der Waals surface area contributed by atoms with Crippen LogP contribution in [0.1, 0.15) is 12.0 Å². The van der Waals surface area contributed by atoms with E-state index in [0.29, 0.717) is 12.1 Å². The summed E-state index contributed by atoms with van der Waals surface area (Å²) in [7, 11) is 0. The molecule has 8 heteroatoms. The van der Waals surface area contributed by atoms with E-state index in [2.05, 4.69) is 20.8 Å². The number of carbonyl (C=O) groups is 1. The largest absolute Gasteiger partial charge is 0.325 e. The average molecular weight is 306 g/mol. The Morgan fingerprint density at radius 3 is 2.95 bits per heavy atom. The van der Waals surface area contributed by atoms with Crippen LogP contribution in [0, 0.1) is 6.92 Å². The Hall–Kier alpha value is -1.93. The molecule has 1 aromatic carbocycles. The molecule has 0 aliphatic carbocycles. The molecule has 1 amide bonds. The van der Waals surface area contributed by atoms with Crippen molar-refractivity contribution in [2.45, 2.75) is 19.4 Å². The third kappa shape index (κ3) is 4.02. The van der Waals surface area contributed by atoms with Gasteiger partial charge in [-0.25, -0.2) is 4.68 Å². The molecule has 0 aliphatic rings. The van der Waals surface area contributed by atoms with Crippen LogP contribution in [0.25, 0.3) is 5.69 Å². The molecule has 0 radical (unpaired) electrons. The van der Waals surface area contributed by atoms with Crippen molar-refractivity contribution in [2.24, 2.45) is 5.73 Å². The van der Waals surface area contributed by atoms with Crippen molar-refractivity contribution in [3.8, 4) is 5.69 Å². The Labute approximate surface area is 127 Å². The lowest BCUT2D eigenvalue weighted by Gasteiger charge is -2.13. The lowest BCUT2D eigenvalue weighted by Crippen LogP contribution is -2.36. The van der Waals surface area contributed by atoms with Crippen LogP contribution in [0.2, 0.25) is 0 Å². The van der Waals surface area contributed by atoms with Gasteiger partial charge < -0.3 is 11.1 Å². The Kier molecular flexibility index (Phi) is 5.29. The minimum atomic E-state index is -0.489. The maximum absolute atomic E-state index is 12.0. The number of aromatic nitrogens is 4. The summed E-state index contributed by atoms with van der Waals surface area (Å²) in [5, 5.41) is 13.9. The fourth-order valence-corrected chi connectivity index (χ4v) is 2.36. The number of hydrogen-bond acceptors (Lipinski definition) is 6. The molecule has 1 aromatic heterocycles. The smallest absolute Gasteiger partial charge is 0.241 e. The number of nitrogens with two attached hydrogens (primary N) is 1. The molecular formula is C13H18N6OS. The van der Waals surface area contributed by atoms with E-state index in [1.807, 2.05) is 31.4 Å². The minimum absolute atomic E-state index is 0.168. The second-order valence-electron chi connectivity index (χ2n) is 4.63. The van der Waals surface area contributed by atoms with Crippen molar-refractivity contribution in [1.29, 1.82) is 0 Å². The standard InChI is InChI=1S/C13H18N6OS/c1-9-7-10(16-13(20)11(14)5-6-21-2)3-4-12(9)19-8-15-17-18-19/h3-4,7-8,11H,5-6,14H2,1-2H3,(H,16,20)/t11-/m1/s1. The summed E-state index contributed by atoms with van der Waals surface area (Å²) >= 11 is 1.67. The molecule has 2 aromatic rings. The number of amides is 1. The lowest BCUT2D eigenvalue weighted by atomic mass is 10.1. The second-order valence-corrected chi connectivity index (χ2v) is 5.62. The van der Waals surface area contributed by atoms with Crippen molar-refractivity contribution in [2.75, 3.05) is 17.3 Å². The number of tetrazole rings is 1. The van der Waals surface area contributed by atoms with Gasteiger partial charge in [-0.1, -0.05) is 0 Å². The third-order valence-corrected chi connectivity index (χ3v) is 3.67. The van der Waals surface area contributed by atoms with E-state index in [0.717, 1.165) is 17.0 Å². The van der Waals surface area contributed by atoms with Crippen LogP contribution in [0.3, 0.4) is 0 Å². The number of aryl methyl sites for hydroxylation is 1. The first-order valence-electron chi connectivity index (χ1n) is 6.51. The van der Waals surface area contributed by atoms with Crippen molar-refractivity contribution in [3.05, 3.63) is 30.1 Å². The van der Waals surface area contributed by atoms with Gasteiger partial charge in [0.05, 0.1) is 11.7 Å². The molecule has 0 saturated heterocycles. The molecule has 3 N–H and O–H groups in total. The van der Waals surface area contributed by atoms with Gasteiger partial charge in [0.25, 0.3) is 0 Å². The number of carbonyl (C=O) groups excluding carboxylic acids is 1. The summed E-state index contributed by atoms with van der Waals surface area (Å²) in [6.07, 6.45) is 4.18. The van der Waals surface area contributed by atoms with Gasteiger partial charge >= 0.3 is 0 Å². The van der Waals surface area contributed by atoms with Crippen LogP contribution in [0.15, 0.2) is 24.5 Å². The molecular weight excluding hydrogens is 288 g/mol. The summed E-state index contributed by atoms with van der Waals surface area (Å²) in [6.45, 7) is 1.93. The van der Waals surface area contributed by atoms with Gasteiger partial charge in [0, 0.05) is 5.69 Å². The highest BCUT2D eigenvalue weighted by atomic mass is 32.2. The molecule has 0 saturated carbocycles. The normalized spacial score (nSPS) is 12.1. The quantitative estimate of drug-likeness (QED) is 0.825. The molecule has 21 heavy (non-hydrogen) atoms. The zero-order valence-corrected chi connectivity index (χ0v) is 12.8. The molecule has 112 valence electrons. The van der Waals surface area contributed by atoms with Crippen LogP contribution in [0.4, 0.5) is 5.69 Å². The first-order valence-corrected chi connectivity index (χ1v) is 7.90. The molecule has 1 atom stereocenters. The summed E-state index contributed by atoms with van der Waals surface area (Å²) < 4.78 is 1.57. The van der Waals surface area contributed by atoms with Gasteiger partial charge in [-0.15, -0.1) is 5.10 Å². The van der Waals surface area contributed by atoms with E-state index in [-0.39, 0.29) is 5.91 Å². The van der Waals surface area contributed by atoms with Gasteiger partial charge in [0.15, 0.2) is 0 Å². The highest BCUT2D eigenvalue weighted by Gasteiger charge is 2.13. The van der Waals surface area contributed by atoms with E-state index < -0.39 is 6.04 Å². The Balaban J connectivity index is 2.05. The number of hydrogen-bond donors (Lipinski definition) is 2. The number of thioether (sulfide) groups is 1. The maximum Gasteiger partial charge on any atom is 0.241 e. The predicted octanol–water partition coefficient (Wildman–Crippen LogP) is 0.990. The van der Waals surface area contributed by atoms with Crippen LogP contribution in [-0.2, 0) is 4.79 Å². The van der Waals surface area contributed by atoms with Crippen molar-refractivity contribution in [1.82, 2.24) is 20.2 Å². The highest BCUT2D eigenvalue weighted by Crippen LogP contribution is 2.18. The van der Waals surface area contributed by atoms with Crippen LogP contribution in [0.5, 0.6) is 0 Å². The van der Waals surface area contributed by atoms with Gasteiger partial charge in [0.1, 0.15) is 6.33 Å². The summed E-state index contributed by atoms with van der Waals surface area (Å²) in [4.78, 5) is 12.0. The first kappa shape index (κ1) is 15.5. The third-order valence-electron chi connectivity index (χ3n) is 3.03. The number of benzene rings is 1. The topological polar surface area (TPSA) is 98.7 Å². The fourth-order valence-electron chi connectivity index (χ4n) is 1.87. The fraction of sp³-hybridized carbons (Fsp3) is 0.385. The molecule has 0 aliphatic heterocycles. The molecule has 0 bridgehead atoms. The van der Waals surface area contributed by atoms with Gasteiger partial charge in [-0.2, -0.15) is 11.8 Å². The SMILES string of the molecule is CSCC[C@@H](N)C(=O)Nc1ccc(-n2cnnn2)c(C)c1. The Bertz CT molecular complexity index is 601. The molecule has 0 fully saturated rings. The predicted molar refractivity (Wildman–Crippen MR) is 83.5 cm³/mol. The van der Waals surface area contributed by atoms with Gasteiger partial charge in [-0.3, -0.25) is 4.79 Å². The number of anilines is 1. The lowest BCUT2D eigenvalue weighted by molar-refractivity contribution is -0.117. The Morgan fingerprint density at radius 1 is 1.52 bits per heavy atom. The van der Waals surface area contributed by atoms with Crippen molar-refractivity contribution < 1.29 is 4.79 Å². The molecule has 0 unspecified atom stereocenters. The summed E-state index contributed by atoms with van der Waals surface area (Å²) in [6, 6.07) is 5.05. The first-order chi connectivity index (χ1) is 10.1. The Morgan fingerprint density at radius 2 is 2.33 bits per heavy atom. The average Bonchev–Trinajstić information content (AvgIpc) is 2.98. The second kappa shape index (κ2) is 7.19. The van der Waals surface area contributed by atoms with Crippen LogP contribution < -0.4 is 11.1 Å². The zero-order chi connectivity index (χ0) is 15.2. The minimum Gasteiger partial charge on any atom is -0.325 e. The van der Waals surface area contributed by atoms with Crippen LogP contribution >= 0.6 is 11.8 Å².